The summed E-state index contributed by atoms with van der Waals surface area (Å²) in [6, 6.07) is 7.99. The van der Waals surface area contributed by atoms with E-state index in [0.29, 0.717) is 4.77 Å². The molecule has 1 aliphatic carbocycles. The molecule has 0 bridgehead atoms. The third kappa shape index (κ3) is 1.92. The van der Waals surface area contributed by atoms with Crippen molar-refractivity contribution in [3.8, 4) is 5.69 Å². The number of fused-ring (bicyclic) bond motifs is 3. The van der Waals surface area contributed by atoms with Crippen LogP contribution in [-0.4, -0.2) is 9.55 Å². The molecule has 0 atom stereocenters. The lowest BCUT2D eigenvalue weighted by Crippen LogP contribution is -2.21. The number of aromatic nitrogens is 2. The molecule has 2 heterocycles. The molecule has 1 aromatic carbocycles. The highest BCUT2D eigenvalue weighted by Gasteiger charge is 2.22. The van der Waals surface area contributed by atoms with Gasteiger partial charge in [0.2, 0.25) is 0 Å². The zero-order valence-electron chi connectivity index (χ0n) is 12.3. The smallest absolute Gasteiger partial charge is 0.267 e. The van der Waals surface area contributed by atoms with E-state index in [2.05, 4.69) is 18.0 Å². The summed E-state index contributed by atoms with van der Waals surface area (Å²) in [5.74, 6) is 0. The first-order chi connectivity index (χ1) is 10.7. The van der Waals surface area contributed by atoms with E-state index in [1.807, 2.05) is 18.2 Å². The number of H-pyrrole nitrogens is 1. The Morgan fingerprint density at radius 3 is 2.95 bits per heavy atom. The lowest BCUT2D eigenvalue weighted by atomic mass is 10.1. The van der Waals surface area contributed by atoms with Crippen molar-refractivity contribution >= 4 is 33.8 Å². The van der Waals surface area contributed by atoms with Crippen LogP contribution >= 0.6 is 23.6 Å². The summed E-state index contributed by atoms with van der Waals surface area (Å²) >= 11 is 7.17. The van der Waals surface area contributed by atoms with Crippen LogP contribution in [0, 0.1) is 4.77 Å². The van der Waals surface area contributed by atoms with Crippen LogP contribution in [0.2, 0.25) is 0 Å². The number of hydrogen-bond acceptors (Lipinski definition) is 3. The zero-order valence-corrected chi connectivity index (χ0v) is 13.9. The zero-order chi connectivity index (χ0) is 15.3. The Labute approximate surface area is 137 Å². The fraction of sp³-hybridized carbons (Fsp3) is 0.294. The van der Waals surface area contributed by atoms with Crippen LogP contribution in [0.4, 0.5) is 0 Å². The van der Waals surface area contributed by atoms with Gasteiger partial charge in [0.25, 0.3) is 5.56 Å². The second-order valence-electron chi connectivity index (χ2n) is 5.61. The van der Waals surface area contributed by atoms with Crippen molar-refractivity contribution in [3.63, 3.8) is 0 Å². The maximum atomic E-state index is 13.1. The molecule has 0 saturated heterocycles. The molecule has 3 aromatic rings. The van der Waals surface area contributed by atoms with Crippen LogP contribution in [0.5, 0.6) is 0 Å². The third-order valence-electron chi connectivity index (χ3n) is 4.38. The SMILES string of the molecule is CCc1ccccc1-n1c(=S)[nH]c2sc3c(c2c1=O)CCC3. The van der Waals surface area contributed by atoms with Gasteiger partial charge in [0, 0.05) is 4.88 Å². The van der Waals surface area contributed by atoms with Gasteiger partial charge >= 0.3 is 0 Å². The first-order valence-corrected chi connectivity index (χ1v) is 8.81. The molecule has 0 saturated carbocycles. The molecule has 0 radical (unpaired) electrons. The van der Waals surface area contributed by atoms with Gasteiger partial charge in [-0.1, -0.05) is 25.1 Å². The summed E-state index contributed by atoms with van der Waals surface area (Å²) in [6.45, 7) is 2.09. The number of nitrogens with zero attached hydrogens (tertiary/aromatic N) is 1. The van der Waals surface area contributed by atoms with Crippen LogP contribution < -0.4 is 5.56 Å². The van der Waals surface area contributed by atoms with E-state index in [4.69, 9.17) is 12.2 Å². The first-order valence-electron chi connectivity index (χ1n) is 7.58. The van der Waals surface area contributed by atoms with E-state index in [0.717, 1.165) is 47.2 Å². The van der Waals surface area contributed by atoms with Crippen LogP contribution in [0.3, 0.4) is 0 Å². The van der Waals surface area contributed by atoms with Gasteiger partial charge in [-0.2, -0.15) is 0 Å². The molecule has 0 unspecified atom stereocenters. The second-order valence-corrected chi connectivity index (χ2v) is 7.11. The third-order valence-corrected chi connectivity index (χ3v) is 5.87. The van der Waals surface area contributed by atoms with E-state index >= 15 is 0 Å². The minimum Gasteiger partial charge on any atom is -0.323 e. The predicted molar refractivity (Wildman–Crippen MR) is 94.0 cm³/mol. The Bertz CT molecular complexity index is 994. The van der Waals surface area contributed by atoms with Crippen LogP contribution in [0.25, 0.3) is 15.9 Å². The summed E-state index contributed by atoms with van der Waals surface area (Å²) in [7, 11) is 0. The minimum atomic E-state index is 0.0269. The summed E-state index contributed by atoms with van der Waals surface area (Å²) in [6.07, 6.45) is 4.11. The molecule has 0 amide bonds. The van der Waals surface area contributed by atoms with Gasteiger partial charge in [0.1, 0.15) is 4.83 Å². The molecule has 5 heteroatoms. The summed E-state index contributed by atoms with van der Waals surface area (Å²) < 4.78 is 2.15. The topological polar surface area (TPSA) is 37.8 Å². The highest BCUT2D eigenvalue weighted by Crippen LogP contribution is 2.34. The Kier molecular flexibility index (Phi) is 3.27. The lowest BCUT2D eigenvalue weighted by molar-refractivity contribution is 0.903. The number of thiophene rings is 1. The fourth-order valence-corrected chi connectivity index (χ4v) is 4.95. The van der Waals surface area contributed by atoms with Gasteiger partial charge in [0.15, 0.2) is 4.77 Å². The largest absolute Gasteiger partial charge is 0.323 e. The predicted octanol–water partition coefficient (Wildman–Crippen LogP) is 4.16. The van der Waals surface area contributed by atoms with Crippen LogP contribution in [0.1, 0.15) is 29.3 Å². The van der Waals surface area contributed by atoms with E-state index in [-0.39, 0.29) is 5.56 Å². The Morgan fingerprint density at radius 2 is 2.14 bits per heavy atom. The minimum absolute atomic E-state index is 0.0269. The number of rotatable bonds is 2. The Hall–Kier alpha value is -1.72. The average Bonchev–Trinajstić information content (AvgIpc) is 3.07. The van der Waals surface area contributed by atoms with Crippen molar-refractivity contribution in [1.82, 2.24) is 9.55 Å². The van der Waals surface area contributed by atoms with Crippen molar-refractivity contribution < 1.29 is 0 Å². The molecule has 0 aliphatic heterocycles. The summed E-state index contributed by atoms with van der Waals surface area (Å²) in [5, 5.41) is 0.844. The quantitative estimate of drug-likeness (QED) is 0.717. The van der Waals surface area contributed by atoms with Crippen molar-refractivity contribution in [2.45, 2.75) is 32.6 Å². The molecule has 112 valence electrons. The molecule has 3 nitrogen and oxygen atoms in total. The highest BCUT2D eigenvalue weighted by molar-refractivity contribution is 7.71. The summed E-state index contributed by atoms with van der Waals surface area (Å²) in [4.78, 5) is 18.7. The number of aryl methyl sites for hydroxylation is 3. The standard InChI is InChI=1S/C17H16N2OS2/c1-2-10-6-3-4-8-12(10)19-16(20)14-11-7-5-9-13(11)22-15(14)18-17(19)21/h3-4,6,8H,2,5,7,9H2,1H3,(H,18,21). The Balaban J connectivity index is 2.11. The van der Waals surface area contributed by atoms with Gasteiger partial charge in [-0.3, -0.25) is 9.36 Å². The van der Waals surface area contributed by atoms with Gasteiger partial charge in [-0.05, 0) is 55.1 Å². The monoisotopic (exact) mass is 328 g/mol. The number of hydrogen-bond donors (Lipinski definition) is 1. The van der Waals surface area contributed by atoms with Crippen molar-refractivity contribution in [3.05, 3.63) is 55.4 Å². The summed E-state index contributed by atoms with van der Waals surface area (Å²) in [5.41, 5.74) is 3.30. The van der Waals surface area contributed by atoms with Crippen LogP contribution in [0.15, 0.2) is 29.1 Å². The van der Waals surface area contributed by atoms with E-state index in [9.17, 15) is 4.79 Å². The molecular formula is C17H16N2OS2. The van der Waals surface area contributed by atoms with E-state index < -0.39 is 0 Å². The number of para-hydroxylation sites is 1. The average molecular weight is 328 g/mol. The van der Waals surface area contributed by atoms with Crippen molar-refractivity contribution in [2.75, 3.05) is 0 Å². The second kappa shape index (κ2) is 5.18. The number of aromatic amines is 1. The normalized spacial score (nSPS) is 13.7. The van der Waals surface area contributed by atoms with Crippen molar-refractivity contribution in [2.24, 2.45) is 0 Å². The molecule has 1 aliphatic rings. The van der Waals surface area contributed by atoms with Gasteiger partial charge < -0.3 is 4.98 Å². The van der Waals surface area contributed by atoms with Gasteiger partial charge in [0.05, 0.1) is 11.1 Å². The highest BCUT2D eigenvalue weighted by atomic mass is 32.1. The van der Waals surface area contributed by atoms with E-state index in [1.54, 1.807) is 15.9 Å². The van der Waals surface area contributed by atoms with Crippen molar-refractivity contribution in [1.29, 1.82) is 0 Å². The van der Waals surface area contributed by atoms with Gasteiger partial charge in [-0.15, -0.1) is 11.3 Å². The maximum absolute atomic E-state index is 13.1. The Morgan fingerprint density at radius 1 is 1.32 bits per heavy atom. The van der Waals surface area contributed by atoms with Crippen LogP contribution in [-0.2, 0) is 19.3 Å². The fourth-order valence-electron chi connectivity index (χ4n) is 3.32. The number of nitrogens with one attached hydrogen (secondary N) is 1. The molecular weight excluding hydrogens is 312 g/mol. The molecule has 1 N–H and O–H groups in total. The van der Waals surface area contributed by atoms with E-state index in [1.165, 1.54) is 10.4 Å². The number of benzene rings is 1. The molecule has 4 rings (SSSR count). The molecule has 0 fully saturated rings. The molecule has 0 spiro atoms. The van der Waals surface area contributed by atoms with Gasteiger partial charge in [-0.25, -0.2) is 0 Å². The maximum Gasteiger partial charge on any atom is 0.267 e. The molecule has 22 heavy (non-hydrogen) atoms. The first kappa shape index (κ1) is 13.9. The lowest BCUT2D eigenvalue weighted by Gasteiger charge is -2.11. The molecule has 2 aromatic heterocycles.